The van der Waals surface area contributed by atoms with Crippen LogP contribution in [0.3, 0.4) is 0 Å². The summed E-state index contributed by atoms with van der Waals surface area (Å²) >= 11 is 0. The first-order valence-electron chi connectivity index (χ1n) is 8.50. The van der Waals surface area contributed by atoms with Gasteiger partial charge in [0.1, 0.15) is 0 Å². The molecule has 4 nitrogen and oxygen atoms in total. The van der Waals surface area contributed by atoms with Gasteiger partial charge in [-0.25, -0.2) is 0 Å². The van der Waals surface area contributed by atoms with Crippen LogP contribution in [-0.4, -0.2) is 54.1 Å². The molecule has 0 aliphatic carbocycles. The van der Waals surface area contributed by atoms with Gasteiger partial charge in [-0.15, -0.1) is 0 Å². The van der Waals surface area contributed by atoms with E-state index in [4.69, 9.17) is 4.74 Å². The van der Waals surface area contributed by atoms with E-state index in [9.17, 15) is 4.79 Å². The lowest BCUT2D eigenvalue weighted by molar-refractivity contribution is -0.137. The van der Waals surface area contributed by atoms with Crippen molar-refractivity contribution >= 4 is 5.91 Å². The second-order valence-electron chi connectivity index (χ2n) is 6.85. The second-order valence-corrected chi connectivity index (χ2v) is 6.85. The van der Waals surface area contributed by atoms with Crippen molar-refractivity contribution in [2.24, 2.45) is 5.92 Å². The number of likely N-dealkylation sites (tertiary alicyclic amines) is 2. The number of benzene rings is 1. The minimum atomic E-state index is 0.0869. The molecule has 3 saturated heterocycles. The van der Waals surface area contributed by atoms with Crippen molar-refractivity contribution in [2.75, 3.05) is 26.2 Å². The molecule has 1 aromatic carbocycles. The molecule has 0 radical (unpaired) electrons. The van der Waals surface area contributed by atoms with Gasteiger partial charge in [-0.3, -0.25) is 9.69 Å². The van der Waals surface area contributed by atoms with Crippen LogP contribution in [0.4, 0.5) is 0 Å². The standard InChI is InChI=1S/C18H24N2O2/c21-18(20-8-4-5-9-20)16-10-15-12-19(13-17(16)22-15)11-14-6-2-1-3-7-14/h1-3,6-7,15-17H,4-5,8-13H2/t15-,16+,17-/m1/s1. The van der Waals surface area contributed by atoms with E-state index in [-0.39, 0.29) is 18.1 Å². The van der Waals surface area contributed by atoms with Crippen LogP contribution in [0.5, 0.6) is 0 Å². The summed E-state index contributed by atoms with van der Waals surface area (Å²) in [6, 6.07) is 10.6. The smallest absolute Gasteiger partial charge is 0.228 e. The molecule has 0 aromatic heterocycles. The average molecular weight is 300 g/mol. The summed E-state index contributed by atoms with van der Waals surface area (Å²) in [4.78, 5) is 17.2. The highest BCUT2D eigenvalue weighted by Crippen LogP contribution is 2.34. The van der Waals surface area contributed by atoms with Gasteiger partial charge in [0.2, 0.25) is 5.91 Å². The van der Waals surface area contributed by atoms with Crippen LogP contribution in [0.1, 0.15) is 24.8 Å². The molecular weight excluding hydrogens is 276 g/mol. The monoisotopic (exact) mass is 300 g/mol. The molecule has 4 rings (SSSR count). The highest BCUT2D eigenvalue weighted by molar-refractivity contribution is 5.80. The third-order valence-electron chi connectivity index (χ3n) is 5.22. The van der Waals surface area contributed by atoms with E-state index in [1.807, 2.05) is 0 Å². The molecule has 3 heterocycles. The van der Waals surface area contributed by atoms with Crippen molar-refractivity contribution in [1.29, 1.82) is 0 Å². The van der Waals surface area contributed by atoms with Crippen molar-refractivity contribution in [3.63, 3.8) is 0 Å². The first kappa shape index (κ1) is 14.2. The topological polar surface area (TPSA) is 32.8 Å². The van der Waals surface area contributed by atoms with Crippen LogP contribution in [0.2, 0.25) is 0 Å². The summed E-state index contributed by atoms with van der Waals surface area (Å²) in [5, 5.41) is 0. The molecule has 1 amide bonds. The van der Waals surface area contributed by atoms with Crippen molar-refractivity contribution < 1.29 is 9.53 Å². The largest absolute Gasteiger partial charge is 0.371 e. The highest BCUT2D eigenvalue weighted by Gasteiger charge is 2.45. The molecule has 22 heavy (non-hydrogen) atoms. The summed E-state index contributed by atoms with van der Waals surface area (Å²) in [5.41, 5.74) is 1.34. The molecule has 0 unspecified atom stereocenters. The molecule has 118 valence electrons. The summed E-state index contributed by atoms with van der Waals surface area (Å²) in [6.07, 6.45) is 3.56. The minimum Gasteiger partial charge on any atom is -0.371 e. The Labute approximate surface area is 132 Å². The quantitative estimate of drug-likeness (QED) is 0.855. The lowest BCUT2D eigenvalue weighted by atomic mass is 9.99. The lowest BCUT2D eigenvalue weighted by Gasteiger charge is -2.33. The zero-order chi connectivity index (χ0) is 14.9. The summed E-state index contributed by atoms with van der Waals surface area (Å²) in [6.45, 7) is 4.69. The molecule has 0 spiro atoms. The molecule has 3 atom stereocenters. The van der Waals surface area contributed by atoms with Crippen molar-refractivity contribution in [1.82, 2.24) is 9.80 Å². The van der Waals surface area contributed by atoms with Gasteiger partial charge >= 0.3 is 0 Å². The van der Waals surface area contributed by atoms with Gasteiger partial charge in [0.25, 0.3) is 0 Å². The number of morpholine rings is 1. The van der Waals surface area contributed by atoms with Crippen LogP contribution < -0.4 is 0 Å². The Kier molecular flexibility index (Phi) is 3.89. The Morgan fingerprint density at radius 2 is 1.91 bits per heavy atom. The maximum atomic E-state index is 12.7. The number of hydrogen-bond donors (Lipinski definition) is 0. The molecule has 0 saturated carbocycles. The van der Waals surface area contributed by atoms with Gasteiger partial charge in [-0.1, -0.05) is 30.3 Å². The van der Waals surface area contributed by atoms with Crippen LogP contribution in [0.25, 0.3) is 0 Å². The lowest BCUT2D eigenvalue weighted by Crippen LogP contribution is -2.45. The number of ether oxygens (including phenoxy) is 1. The molecule has 1 aromatic rings. The zero-order valence-corrected chi connectivity index (χ0v) is 13.0. The van der Waals surface area contributed by atoms with Crippen molar-refractivity contribution in [3.05, 3.63) is 35.9 Å². The van der Waals surface area contributed by atoms with Gasteiger partial charge < -0.3 is 9.64 Å². The Hall–Kier alpha value is -1.39. The molecule has 2 bridgehead atoms. The van der Waals surface area contributed by atoms with E-state index in [2.05, 4.69) is 40.1 Å². The SMILES string of the molecule is O=C([C@H]1C[C@@H]2CN(Cc3ccccc3)C[C@H]1O2)N1CCCC1. The van der Waals surface area contributed by atoms with Gasteiger partial charge in [0.05, 0.1) is 18.1 Å². The highest BCUT2D eigenvalue weighted by atomic mass is 16.5. The number of rotatable bonds is 3. The first-order chi connectivity index (χ1) is 10.8. The third kappa shape index (κ3) is 2.77. The first-order valence-corrected chi connectivity index (χ1v) is 8.50. The molecule has 3 aliphatic heterocycles. The maximum Gasteiger partial charge on any atom is 0.228 e. The third-order valence-corrected chi connectivity index (χ3v) is 5.22. The van der Waals surface area contributed by atoms with Crippen LogP contribution in [-0.2, 0) is 16.1 Å². The zero-order valence-electron chi connectivity index (χ0n) is 13.0. The summed E-state index contributed by atoms with van der Waals surface area (Å²) in [7, 11) is 0. The normalized spacial score (nSPS) is 31.6. The molecule has 3 fully saturated rings. The number of fused-ring (bicyclic) bond motifs is 2. The summed E-state index contributed by atoms with van der Waals surface area (Å²) in [5.74, 6) is 0.426. The molecule has 3 aliphatic rings. The van der Waals surface area contributed by atoms with E-state index in [1.165, 1.54) is 5.56 Å². The van der Waals surface area contributed by atoms with E-state index in [0.717, 1.165) is 52.0 Å². The van der Waals surface area contributed by atoms with E-state index < -0.39 is 0 Å². The predicted molar refractivity (Wildman–Crippen MR) is 84.3 cm³/mol. The van der Waals surface area contributed by atoms with Gasteiger partial charge in [0, 0.05) is 32.7 Å². The van der Waals surface area contributed by atoms with Crippen LogP contribution in [0.15, 0.2) is 30.3 Å². The van der Waals surface area contributed by atoms with Crippen LogP contribution >= 0.6 is 0 Å². The fourth-order valence-corrected chi connectivity index (χ4v) is 4.14. The Balaban J connectivity index is 1.40. The van der Waals surface area contributed by atoms with Gasteiger partial charge in [-0.2, -0.15) is 0 Å². The number of amides is 1. The number of hydrogen-bond acceptors (Lipinski definition) is 3. The fraction of sp³-hybridized carbons (Fsp3) is 0.611. The van der Waals surface area contributed by atoms with Gasteiger partial charge in [-0.05, 0) is 24.8 Å². The molecule has 4 heteroatoms. The number of nitrogens with zero attached hydrogens (tertiary/aromatic N) is 2. The van der Waals surface area contributed by atoms with Crippen molar-refractivity contribution in [2.45, 2.75) is 38.0 Å². The second kappa shape index (κ2) is 6.01. The molecular formula is C18H24N2O2. The Bertz CT molecular complexity index is 527. The average Bonchev–Trinajstić information content (AvgIpc) is 3.16. The van der Waals surface area contributed by atoms with Gasteiger partial charge in [0.15, 0.2) is 0 Å². The number of carbonyl (C=O) groups is 1. The maximum absolute atomic E-state index is 12.7. The fourth-order valence-electron chi connectivity index (χ4n) is 4.14. The molecule has 0 N–H and O–H groups in total. The number of carbonyl (C=O) groups excluding carboxylic acids is 1. The van der Waals surface area contributed by atoms with E-state index in [1.54, 1.807) is 0 Å². The predicted octanol–water partition coefficient (Wildman–Crippen LogP) is 1.90. The summed E-state index contributed by atoms with van der Waals surface area (Å²) < 4.78 is 6.07. The van der Waals surface area contributed by atoms with Crippen LogP contribution in [0, 0.1) is 5.92 Å². The van der Waals surface area contributed by atoms with E-state index >= 15 is 0 Å². The Morgan fingerprint density at radius 3 is 2.68 bits per heavy atom. The Morgan fingerprint density at radius 1 is 1.14 bits per heavy atom. The van der Waals surface area contributed by atoms with Crippen molar-refractivity contribution in [3.8, 4) is 0 Å². The minimum absolute atomic E-state index is 0.0869. The van der Waals surface area contributed by atoms with E-state index in [0.29, 0.717) is 5.91 Å².